The Balaban J connectivity index is 1.76. The number of nitrogens with zero attached hydrogens (tertiary/aromatic N) is 3. The van der Waals surface area contributed by atoms with Crippen LogP contribution >= 0.6 is 0 Å². The number of pyridine rings is 1. The first-order valence-corrected chi connectivity index (χ1v) is 9.35. The maximum Gasteiger partial charge on any atom is 0.305 e. The normalized spacial score (nSPS) is 10.6. The summed E-state index contributed by atoms with van der Waals surface area (Å²) in [6.07, 6.45) is 2.55. The highest BCUT2D eigenvalue weighted by Gasteiger charge is 2.15. The van der Waals surface area contributed by atoms with Crippen molar-refractivity contribution in [3.05, 3.63) is 70.7 Å². The number of rotatable bonds is 6. The number of ether oxygens (including phenoxy) is 1. The Morgan fingerprint density at radius 1 is 1.10 bits per heavy atom. The number of hydrogen-bond acceptors (Lipinski definition) is 5. The molecule has 0 fully saturated rings. The molecular weight excluding hydrogens is 368 g/mol. The summed E-state index contributed by atoms with van der Waals surface area (Å²) >= 11 is 0. The first-order chi connectivity index (χ1) is 13.9. The van der Waals surface area contributed by atoms with Crippen LogP contribution in [0, 0.1) is 20.8 Å². The quantitative estimate of drug-likeness (QED) is 0.649. The summed E-state index contributed by atoms with van der Waals surface area (Å²) in [4.78, 5) is 28.1. The molecule has 2 heterocycles. The van der Waals surface area contributed by atoms with Crippen molar-refractivity contribution in [1.29, 1.82) is 0 Å². The molecule has 1 N–H and O–H groups in total. The van der Waals surface area contributed by atoms with Gasteiger partial charge in [-0.2, -0.15) is 5.10 Å². The van der Waals surface area contributed by atoms with Gasteiger partial charge < -0.3 is 10.1 Å². The zero-order valence-corrected chi connectivity index (χ0v) is 17.0. The molecule has 150 valence electrons. The molecule has 7 heteroatoms. The molecule has 0 aliphatic rings. The van der Waals surface area contributed by atoms with Gasteiger partial charge in [0.15, 0.2) is 0 Å². The fourth-order valence-electron chi connectivity index (χ4n) is 3.16. The number of carbonyl (C=O) groups excluding carboxylic acids is 2. The minimum absolute atomic E-state index is 0.221. The van der Waals surface area contributed by atoms with Gasteiger partial charge in [-0.05, 0) is 74.7 Å². The average Bonchev–Trinajstić information content (AvgIpc) is 2.99. The van der Waals surface area contributed by atoms with Gasteiger partial charge in [-0.25, -0.2) is 9.67 Å². The molecule has 0 saturated carbocycles. The summed E-state index contributed by atoms with van der Waals surface area (Å²) in [5.74, 6) is 0.0599. The van der Waals surface area contributed by atoms with Crippen molar-refractivity contribution in [2.45, 2.75) is 33.6 Å². The smallest absolute Gasteiger partial charge is 0.305 e. The Labute approximate surface area is 169 Å². The van der Waals surface area contributed by atoms with Gasteiger partial charge in [0.2, 0.25) is 0 Å². The molecule has 1 aromatic carbocycles. The summed E-state index contributed by atoms with van der Waals surface area (Å²) in [7, 11) is 1.39. The second-order valence-electron chi connectivity index (χ2n) is 6.86. The summed E-state index contributed by atoms with van der Waals surface area (Å²) in [6.45, 7) is 5.84. The third kappa shape index (κ3) is 4.68. The highest BCUT2D eigenvalue weighted by Crippen LogP contribution is 2.20. The minimum atomic E-state index is -0.241. The SMILES string of the molecule is COC(=O)CCc1c(C)nn(-c2ccc(C(=O)Nc3cc(C)ccn3)cc2)c1C. The molecule has 3 rings (SSSR count). The second-order valence-corrected chi connectivity index (χ2v) is 6.86. The van der Waals surface area contributed by atoms with E-state index in [4.69, 9.17) is 4.74 Å². The van der Waals surface area contributed by atoms with Crippen molar-refractivity contribution in [3.8, 4) is 5.69 Å². The molecule has 0 atom stereocenters. The molecule has 3 aromatic rings. The highest BCUT2D eigenvalue weighted by molar-refractivity contribution is 6.03. The largest absolute Gasteiger partial charge is 0.469 e. The maximum atomic E-state index is 12.5. The molecular formula is C22H24N4O3. The van der Waals surface area contributed by atoms with Crippen molar-refractivity contribution in [3.63, 3.8) is 0 Å². The number of hydrogen-bond donors (Lipinski definition) is 1. The van der Waals surface area contributed by atoms with E-state index in [2.05, 4.69) is 15.4 Å². The number of esters is 1. The lowest BCUT2D eigenvalue weighted by atomic mass is 10.1. The summed E-state index contributed by atoms with van der Waals surface area (Å²) in [5, 5.41) is 7.39. The zero-order valence-electron chi connectivity index (χ0n) is 17.0. The van der Waals surface area contributed by atoms with Crippen LogP contribution in [-0.2, 0) is 16.0 Å². The van der Waals surface area contributed by atoms with E-state index in [9.17, 15) is 9.59 Å². The van der Waals surface area contributed by atoms with Crippen LogP contribution in [0.4, 0.5) is 5.82 Å². The van der Waals surface area contributed by atoms with E-state index in [0.29, 0.717) is 24.2 Å². The number of amides is 1. The summed E-state index contributed by atoms with van der Waals surface area (Å²) in [5.41, 5.74) is 5.27. The van der Waals surface area contributed by atoms with Crippen LogP contribution in [-0.4, -0.2) is 33.8 Å². The molecule has 0 spiro atoms. The molecule has 0 bridgehead atoms. The van der Waals surface area contributed by atoms with E-state index < -0.39 is 0 Å². The summed E-state index contributed by atoms with van der Waals surface area (Å²) < 4.78 is 6.54. The van der Waals surface area contributed by atoms with Gasteiger partial charge in [0.05, 0.1) is 18.5 Å². The van der Waals surface area contributed by atoms with Gasteiger partial charge in [-0.1, -0.05) is 0 Å². The monoisotopic (exact) mass is 392 g/mol. The fourth-order valence-corrected chi connectivity index (χ4v) is 3.16. The topological polar surface area (TPSA) is 86.1 Å². The minimum Gasteiger partial charge on any atom is -0.469 e. The Morgan fingerprint density at radius 2 is 1.83 bits per heavy atom. The van der Waals surface area contributed by atoms with Gasteiger partial charge in [0, 0.05) is 23.9 Å². The standard InChI is InChI=1S/C22H24N4O3/c1-14-11-12-23-20(13-14)24-22(28)17-5-7-18(8-6-17)26-16(3)19(15(2)25-26)9-10-21(27)29-4/h5-8,11-13H,9-10H2,1-4H3,(H,23,24,28). The summed E-state index contributed by atoms with van der Waals surface area (Å²) in [6, 6.07) is 10.9. The zero-order chi connectivity index (χ0) is 21.0. The lowest BCUT2D eigenvalue weighted by Crippen LogP contribution is -2.13. The van der Waals surface area contributed by atoms with Crippen molar-refractivity contribution < 1.29 is 14.3 Å². The van der Waals surface area contributed by atoms with E-state index in [1.807, 2.05) is 49.7 Å². The Hall–Kier alpha value is -3.48. The number of methoxy groups -OCH3 is 1. The predicted octanol–water partition coefficient (Wildman–Crippen LogP) is 3.55. The van der Waals surface area contributed by atoms with Crippen LogP contribution in [0.2, 0.25) is 0 Å². The third-order valence-electron chi connectivity index (χ3n) is 4.78. The lowest BCUT2D eigenvalue weighted by molar-refractivity contribution is -0.140. The Kier molecular flexibility index (Phi) is 6.07. The average molecular weight is 392 g/mol. The Bertz CT molecular complexity index is 1040. The number of anilines is 1. The molecule has 0 saturated heterocycles. The van der Waals surface area contributed by atoms with E-state index in [0.717, 1.165) is 28.2 Å². The van der Waals surface area contributed by atoms with Gasteiger partial charge in [0.25, 0.3) is 5.91 Å². The van der Waals surface area contributed by atoms with Crippen LogP contribution < -0.4 is 5.32 Å². The first kappa shape index (κ1) is 20.3. The van der Waals surface area contributed by atoms with E-state index in [1.165, 1.54) is 7.11 Å². The van der Waals surface area contributed by atoms with Crippen molar-refractivity contribution in [2.24, 2.45) is 0 Å². The highest BCUT2D eigenvalue weighted by atomic mass is 16.5. The van der Waals surface area contributed by atoms with Crippen LogP contribution in [0.3, 0.4) is 0 Å². The number of benzene rings is 1. The number of nitrogens with one attached hydrogen (secondary N) is 1. The molecule has 29 heavy (non-hydrogen) atoms. The van der Waals surface area contributed by atoms with Crippen LogP contribution in [0.1, 0.15) is 39.3 Å². The van der Waals surface area contributed by atoms with Crippen LogP contribution in [0.5, 0.6) is 0 Å². The maximum absolute atomic E-state index is 12.5. The van der Waals surface area contributed by atoms with Crippen molar-refractivity contribution >= 4 is 17.7 Å². The third-order valence-corrected chi connectivity index (χ3v) is 4.78. The van der Waals surface area contributed by atoms with Gasteiger partial charge in [-0.15, -0.1) is 0 Å². The Morgan fingerprint density at radius 3 is 2.48 bits per heavy atom. The first-order valence-electron chi connectivity index (χ1n) is 9.35. The van der Waals surface area contributed by atoms with Crippen molar-refractivity contribution in [2.75, 3.05) is 12.4 Å². The second kappa shape index (κ2) is 8.68. The molecule has 2 aromatic heterocycles. The van der Waals surface area contributed by atoms with E-state index in [1.54, 1.807) is 18.3 Å². The molecule has 0 radical (unpaired) electrons. The van der Waals surface area contributed by atoms with Gasteiger partial charge in [-0.3, -0.25) is 9.59 Å². The molecule has 0 unspecified atom stereocenters. The molecule has 0 aliphatic carbocycles. The predicted molar refractivity (Wildman–Crippen MR) is 110 cm³/mol. The number of aryl methyl sites for hydroxylation is 2. The van der Waals surface area contributed by atoms with Gasteiger partial charge >= 0.3 is 5.97 Å². The molecule has 7 nitrogen and oxygen atoms in total. The lowest BCUT2D eigenvalue weighted by Gasteiger charge is -2.08. The van der Waals surface area contributed by atoms with E-state index >= 15 is 0 Å². The number of carbonyl (C=O) groups is 2. The fraction of sp³-hybridized carbons (Fsp3) is 0.273. The van der Waals surface area contributed by atoms with Crippen molar-refractivity contribution in [1.82, 2.24) is 14.8 Å². The van der Waals surface area contributed by atoms with Crippen LogP contribution in [0.25, 0.3) is 5.69 Å². The molecule has 0 aliphatic heterocycles. The molecule has 1 amide bonds. The number of aromatic nitrogens is 3. The van der Waals surface area contributed by atoms with Crippen LogP contribution in [0.15, 0.2) is 42.6 Å². The van der Waals surface area contributed by atoms with Gasteiger partial charge in [0.1, 0.15) is 5.82 Å². The van der Waals surface area contributed by atoms with E-state index in [-0.39, 0.29) is 11.9 Å².